The lowest BCUT2D eigenvalue weighted by Gasteiger charge is -2.13. The number of nitrogens with zero attached hydrogens (tertiary/aromatic N) is 1. The van der Waals surface area contributed by atoms with Crippen LogP contribution in [-0.2, 0) is 4.79 Å². The van der Waals surface area contributed by atoms with Gasteiger partial charge in [-0.3, -0.25) is 9.69 Å². The van der Waals surface area contributed by atoms with Crippen LogP contribution < -0.4 is 14.2 Å². The zero-order valence-electron chi connectivity index (χ0n) is 16.3. The summed E-state index contributed by atoms with van der Waals surface area (Å²) in [5.41, 5.74) is 0.778. The highest BCUT2D eigenvalue weighted by molar-refractivity contribution is 9.10. The molecule has 2 aromatic carbocycles. The molecule has 1 fully saturated rings. The molecule has 8 heteroatoms. The molecule has 0 aromatic heterocycles. The van der Waals surface area contributed by atoms with Crippen molar-refractivity contribution in [2.24, 2.45) is 0 Å². The summed E-state index contributed by atoms with van der Waals surface area (Å²) < 4.78 is 18.4. The number of thioether (sulfide) groups is 1. The second-order valence-electron chi connectivity index (χ2n) is 6.11. The number of ether oxygens (including phenoxy) is 3. The lowest BCUT2D eigenvalue weighted by atomic mass is 10.2. The van der Waals surface area contributed by atoms with Crippen molar-refractivity contribution in [1.82, 2.24) is 4.90 Å². The summed E-state index contributed by atoms with van der Waals surface area (Å²) in [6.45, 7) is 4.74. The molecule has 1 saturated heterocycles. The maximum atomic E-state index is 12.6. The Hall–Kier alpha value is -2.29. The monoisotopic (exact) mass is 505 g/mol. The van der Waals surface area contributed by atoms with E-state index >= 15 is 0 Å². The molecule has 0 bridgehead atoms. The van der Waals surface area contributed by atoms with Crippen LogP contribution in [-0.4, -0.2) is 42.0 Å². The first kappa shape index (κ1) is 22.4. The van der Waals surface area contributed by atoms with Gasteiger partial charge in [0.05, 0.1) is 12.0 Å². The van der Waals surface area contributed by atoms with Crippen molar-refractivity contribution < 1.29 is 19.0 Å². The predicted molar refractivity (Wildman–Crippen MR) is 128 cm³/mol. The standard InChI is InChI=1S/C22H20BrNO4S2/c1-3-10-24-21(25)20(30-22(24)29)14-15-13-16(23)8-9-17(15)27-11-12-28-19-7-5-4-6-18(19)26-2/h3-9,13-14H,1,10-12H2,2H3. The number of hydrogen-bond donors (Lipinski definition) is 0. The van der Waals surface area contributed by atoms with Crippen LogP contribution in [0, 0.1) is 0 Å². The minimum atomic E-state index is -0.129. The number of para-hydroxylation sites is 2. The van der Waals surface area contributed by atoms with Gasteiger partial charge in [0.15, 0.2) is 11.5 Å². The van der Waals surface area contributed by atoms with Gasteiger partial charge in [-0.05, 0) is 36.4 Å². The Bertz CT molecular complexity index is 993. The van der Waals surface area contributed by atoms with Crippen LogP contribution >= 0.6 is 39.9 Å². The third kappa shape index (κ3) is 5.44. The number of halogens is 1. The number of carbonyl (C=O) groups excluding carboxylic acids is 1. The molecule has 30 heavy (non-hydrogen) atoms. The molecule has 156 valence electrons. The summed E-state index contributed by atoms with van der Waals surface area (Å²) in [5.74, 6) is 1.85. The molecular formula is C22H20BrNO4S2. The highest BCUT2D eigenvalue weighted by Gasteiger charge is 2.31. The Balaban J connectivity index is 1.69. The topological polar surface area (TPSA) is 48.0 Å². The van der Waals surface area contributed by atoms with Gasteiger partial charge in [0.25, 0.3) is 5.91 Å². The first-order valence-electron chi connectivity index (χ1n) is 9.08. The van der Waals surface area contributed by atoms with Crippen molar-refractivity contribution >= 4 is 56.2 Å². The van der Waals surface area contributed by atoms with Crippen LogP contribution in [0.25, 0.3) is 6.08 Å². The highest BCUT2D eigenvalue weighted by Crippen LogP contribution is 2.35. The van der Waals surface area contributed by atoms with Crippen molar-refractivity contribution in [2.45, 2.75) is 0 Å². The SMILES string of the molecule is C=CCN1C(=O)C(=Cc2cc(Br)ccc2OCCOc2ccccc2OC)SC1=S. The molecule has 0 unspecified atom stereocenters. The number of carbonyl (C=O) groups is 1. The molecule has 1 heterocycles. The van der Waals surface area contributed by atoms with E-state index in [1.807, 2.05) is 42.5 Å². The highest BCUT2D eigenvalue weighted by atomic mass is 79.9. The fourth-order valence-electron chi connectivity index (χ4n) is 2.73. The third-order valence-electron chi connectivity index (χ3n) is 4.11. The van der Waals surface area contributed by atoms with Crippen molar-refractivity contribution in [3.05, 3.63) is 70.1 Å². The van der Waals surface area contributed by atoms with Gasteiger partial charge in [0, 0.05) is 16.6 Å². The molecule has 0 radical (unpaired) electrons. The van der Waals surface area contributed by atoms with E-state index in [1.165, 1.54) is 16.7 Å². The largest absolute Gasteiger partial charge is 0.493 e. The van der Waals surface area contributed by atoms with Crippen LogP contribution in [0.2, 0.25) is 0 Å². The zero-order valence-corrected chi connectivity index (χ0v) is 19.5. The van der Waals surface area contributed by atoms with E-state index in [2.05, 4.69) is 22.5 Å². The summed E-state index contributed by atoms with van der Waals surface area (Å²) in [6, 6.07) is 13.1. The molecule has 5 nitrogen and oxygen atoms in total. The fraction of sp³-hybridized carbons (Fsp3) is 0.182. The van der Waals surface area contributed by atoms with Crippen molar-refractivity contribution in [1.29, 1.82) is 0 Å². The van der Waals surface area contributed by atoms with Crippen LogP contribution in [0.15, 0.2) is 64.5 Å². The Kier molecular flexibility index (Phi) is 7.95. The molecule has 1 aliphatic rings. The zero-order chi connectivity index (χ0) is 21.5. The number of rotatable bonds is 9. The number of thiocarbonyl (C=S) groups is 1. The average Bonchev–Trinajstić information content (AvgIpc) is 3.00. The molecule has 0 spiro atoms. The Morgan fingerprint density at radius 1 is 1.13 bits per heavy atom. The first-order valence-corrected chi connectivity index (χ1v) is 11.1. The predicted octanol–water partition coefficient (Wildman–Crippen LogP) is 5.30. The fourth-order valence-corrected chi connectivity index (χ4v) is 4.38. The van der Waals surface area contributed by atoms with Gasteiger partial charge in [-0.25, -0.2) is 0 Å². The Morgan fingerprint density at radius 2 is 1.83 bits per heavy atom. The number of amides is 1. The molecule has 1 aliphatic heterocycles. The van der Waals surface area contributed by atoms with Gasteiger partial charge in [0.2, 0.25) is 0 Å². The summed E-state index contributed by atoms with van der Waals surface area (Å²) in [7, 11) is 1.60. The quantitative estimate of drug-likeness (QED) is 0.199. The number of methoxy groups -OCH3 is 1. The van der Waals surface area contributed by atoms with E-state index in [-0.39, 0.29) is 5.91 Å². The van der Waals surface area contributed by atoms with Crippen LogP contribution in [0.4, 0.5) is 0 Å². The summed E-state index contributed by atoms with van der Waals surface area (Å²) in [5, 5.41) is 0. The van der Waals surface area contributed by atoms with Gasteiger partial charge in [-0.2, -0.15) is 0 Å². The summed E-state index contributed by atoms with van der Waals surface area (Å²) in [4.78, 5) is 14.7. The Labute approximate surface area is 193 Å². The molecule has 2 aromatic rings. The molecule has 3 rings (SSSR count). The second kappa shape index (κ2) is 10.7. The van der Waals surface area contributed by atoms with Crippen molar-refractivity contribution in [3.63, 3.8) is 0 Å². The lowest BCUT2D eigenvalue weighted by Crippen LogP contribution is -2.27. The van der Waals surface area contributed by atoms with Crippen LogP contribution in [0.5, 0.6) is 17.2 Å². The minimum absolute atomic E-state index is 0.129. The van der Waals surface area contributed by atoms with Gasteiger partial charge >= 0.3 is 0 Å². The second-order valence-corrected chi connectivity index (χ2v) is 8.70. The van der Waals surface area contributed by atoms with Crippen LogP contribution in [0.1, 0.15) is 5.56 Å². The molecule has 1 amide bonds. The molecule has 0 N–H and O–H groups in total. The van der Waals surface area contributed by atoms with E-state index in [4.69, 9.17) is 26.4 Å². The Morgan fingerprint density at radius 3 is 2.53 bits per heavy atom. The van der Waals surface area contributed by atoms with E-state index in [9.17, 15) is 4.79 Å². The molecular weight excluding hydrogens is 486 g/mol. The lowest BCUT2D eigenvalue weighted by molar-refractivity contribution is -0.121. The molecule has 0 aliphatic carbocycles. The molecule has 0 atom stereocenters. The molecule has 0 saturated carbocycles. The maximum Gasteiger partial charge on any atom is 0.266 e. The van der Waals surface area contributed by atoms with Crippen molar-refractivity contribution in [3.8, 4) is 17.2 Å². The van der Waals surface area contributed by atoms with E-state index < -0.39 is 0 Å². The van der Waals surface area contributed by atoms with Gasteiger partial charge in [-0.1, -0.05) is 58.1 Å². The summed E-state index contributed by atoms with van der Waals surface area (Å²) in [6.07, 6.45) is 3.45. The van der Waals surface area contributed by atoms with Gasteiger partial charge < -0.3 is 14.2 Å². The first-order chi connectivity index (χ1) is 14.5. The number of benzene rings is 2. The smallest absolute Gasteiger partial charge is 0.266 e. The van der Waals surface area contributed by atoms with E-state index in [0.29, 0.717) is 46.2 Å². The van der Waals surface area contributed by atoms with E-state index in [0.717, 1.165) is 10.0 Å². The minimum Gasteiger partial charge on any atom is -0.493 e. The average molecular weight is 506 g/mol. The van der Waals surface area contributed by atoms with E-state index in [1.54, 1.807) is 19.3 Å². The third-order valence-corrected chi connectivity index (χ3v) is 5.98. The normalized spacial score (nSPS) is 14.9. The van der Waals surface area contributed by atoms with Crippen molar-refractivity contribution in [2.75, 3.05) is 26.9 Å². The summed E-state index contributed by atoms with van der Waals surface area (Å²) >= 11 is 10.0. The number of hydrogen-bond acceptors (Lipinski definition) is 6. The van der Waals surface area contributed by atoms with Gasteiger partial charge in [0.1, 0.15) is 23.3 Å². The maximum absolute atomic E-state index is 12.6. The van der Waals surface area contributed by atoms with Crippen LogP contribution in [0.3, 0.4) is 0 Å². The van der Waals surface area contributed by atoms with Gasteiger partial charge in [-0.15, -0.1) is 6.58 Å².